The van der Waals surface area contributed by atoms with Crippen molar-refractivity contribution in [2.75, 3.05) is 44.2 Å². The van der Waals surface area contributed by atoms with Crippen molar-refractivity contribution in [1.82, 2.24) is 19.2 Å². The van der Waals surface area contributed by atoms with Gasteiger partial charge in [0.1, 0.15) is 5.69 Å². The first-order chi connectivity index (χ1) is 14.2. The highest BCUT2D eigenvalue weighted by Gasteiger charge is 2.31. The number of imidazole rings is 1. The Morgan fingerprint density at radius 1 is 1.14 bits per heavy atom. The Hall–Kier alpha value is -2.38. The van der Waals surface area contributed by atoms with Crippen molar-refractivity contribution in [3.8, 4) is 0 Å². The minimum Gasteiger partial charge on any atom is -0.369 e. The van der Waals surface area contributed by atoms with Crippen LogP contribution in [0.3, 0.4) is 0 Å². The molecule has 5 rings (SSSR count). The Kier molecular flexibility index (Phi) is 5.01. The SMILES string of the molecule is Cc1ccccc1N1CCN(C2CCCN(C(=O)c3cn4ccsc4n3)C2)CC1. The molecule has 7 heteroatoms. The molecule has 0 radical (unpaired) electrons. The standard InChI is InChI=1S/C22H27N5OS/c1-17-5-2-3-7-20(17)25-11-9-24(10-12-25)18-6-4-8-26(15-18)21(28)19-16-27-13-14-29-22(27)23-19/h2-3,5,7,13-14,16,18H,4,6,8-12,15H2,1H3. The lowest BCUT2D eigenvalue weighted by Gasteiger charge is -2.44. The molecule has 2 aliphatic heterocycles. The highest BCUT2D eigenvalue weighted by molar-refractivity contribution is 7.15. The van der Waals surface area contributed by atoms with E-state index in [0.29, 0.717) is 11.7 Å². The van der Waals surface area contributed by atoms with Gasteiger partial charge in [0.25, 0.3) is 5.91 Å². The number of rotatable bonds is 3. The van der Waals surface area contributed by atoms with Gasteiger partial charge in [-0.2, -0.15) is 0 Å². The van der Waals surface area contributed by atoms with Gasteiger partial charge in [0.2, 0.25) is 0 Å². The highest BCUT2D eigenvalue weighted by atomic mass is 32.1. The first kappa shape index (κ1) is 18.6. The molecule has 0 aliphatic carbocycles. The number of likely N-dealkylation sites (tertiary alicyclic amines) is 1. The number of aryl methyl sites for hydroxylation is 1. The summed E-state index contributed by atoms with van der Waals surface area (Å²) < 4.78 is 1.93. The Bertz CT molecular complexity index is 975. The molecule has 2 fully saturated rings. The summed E-state index contributed by atoms with van der Waals surface area (Å²) >= 11 is 1.56. The number of para-hydroxylation sites is 1. The van der Waals surface area contributed by atoms with Gasteiger partial charge >= 0.3 is 0 Å². The molecule has 2 saturated heterocycles. The van der Waals surface area contributed by atoms with Gasteiger partial charge in [-0.25, -0.2) is 4.98 Å². The largest absolute Gasteiger partial charge is 0.369 e. The summed E-state index contributed by atoms with van der Waals surface area (Å²) in [4.78, 5) is 25.5. The third kappa shape index (κ3) is 3.65. The topological polar surface area (TPSA) is 44.1 Å². The number of hydrogen-bond acceptors (Lipinski definition) is 5. The number of carbonyl (C=O) groups is 1. The monoisotopic (exact) mass is 409 g/mol. The number of benzene rings is 1. The Balaban J connectivity index is 1.22. The second kappa shape index (κ2) is 7.80. The molecule has 152 valence electrons. The predicted octanol–water partition coefficient (Wildman–Crippen LogP) is 3.13. The zero-order valence-electron chi connectivity index (χ0n) is 16.8. The van der Waals surface area contributed by atoms with Crippen LogP contribution in [0.4, 0.5) is 5.69 Å². The lowest BCUT2D eigenvalue weighted by Crippen LogP contribution is -2.56. The van der Waals surface area contributed by atoms with Crippen LogP contribution < -0.4 is 4.90 Å². The molecule has 2 aromatic heterocycles. The number of hydrogen-bond donors (Lipinski definition) is 0. The van der Waals surface area contributed by atoms with Crippen LogP contribution in [0.25, 0.3) is 4.96 Å². The summed E-state index contributed by atoms with van der Waals surface area (Å²) in [6.45, 7) is 8.05. The number of aromatic nitrogens is 2. The van der Waals surface area contributed by atoms with E-state index in [0.717, 1.165) is 50.7 Å². The maximum atomic E-state index is 13.0. The first-order valence-electron chi connectivity index (χ1n) is 10.4. The molecule has 29 heavy (non-hydrogen) atoms. The van der Waals surface area contributed by atoms with Crippen LogP contribution >= 0.6 is 11.3 Å². The van der Waals surface area contributed by atoms with Crippen molar-refractivity contribution in [3.63, 3.8) is 0 Å². The quantitative estimate of drug-likeness (QED) is 0.667. The van der Waals surface area contributed by atoms with Crippen LogP contribution in [-0.2, 0) is 0 Å². The van der Waals surface area contributed by atoms with E-state index < -0.39 is 0 Å². The molecular formula is C22H27N5OS. The minimum absolute atomic E-state index is 0.0733. The summed E-state index contributed by atoms with van der Waals surface area (Å²) in [5.41, 5.74) is 3.27. The second-order valence-corrected chi connectivity index (χ2v) is 8.95. The van der Waals surface area contributed by atoms with E-state index in [1.807, 2.05) is 27.1 Å². The zero-order chi connectivity index (χ0) is 19.8. The molecule has 0 saturated carbocycles. The van der Waals surface area contributed by atoms with Crippen molar-refractivity contribution >= 4 is 27.9 Å². The summed E-state index contributed by atoms with van der Waals surface area (Å²) in [7, 11) is 0. The first-order valence-corrected chi connectivity index (χ1v) is 11.3. The molecular weight excluding hydrogens is 382 g/mol. The fourth-order valence-corrected chi connectivity index (χ4v) is 5.38. The summed E-state index contributed by atoms with van der Waals surface area (Å²) in [6.07, 6.45) is 6.05. The molecule has 0 bridgehead atoms. The minimum atomic E-state index is 0.0733. The third-order valence-corrected chi connectivity index (χ3v) is 7.05. The van der Waals surface area contributed by atoms with Crippen LogP contribution in [0, 0.1) is 6.92 Å². The molecule has 0 spiro atoms. The Morgan fingerprint density at radius 3 is 2.76 bits per heavy atom. The van der Waals surface area contributed by atoms with E-state index in [1.54, 1.807) is 11.3 Å². The van der Waals surface area contributed by atoms with Gasteiger partial charge in [0, 0.05) is 68.8 Å². The average molecular weight is 410 g/mol. The van der Waals surface area contributed by atoms with E-state index in [1.165, 1.54) is 17.7 Å². The van der Waals surface area contributed by atoms with Crippen molar-refractivity contribution in [1.29, 1.82) is 0 Å². The number of piperidine rings is 1. The van der Waals surface area contributed by atoms with Gasteiger partial charge in [-0.3, -0.25) is 14.1 Å². The maximum absolute atomic E-state index is 13.0. The fourth-order valence-electron chi connectivity index (χ4n) is 4.68. The van der Waals surface area contributed by atoms with E-state index in [4.69, 9.17) is 0 Å². The van der Waals surface area contributed by atoms with E-state index in [-0.39, 0.29) is 5.91 Å². The smallest absolute Gasteiger partial charge is 0.274 e. The fraction of sp³-hybridized carbons (Fsp3) is 0.455. The number of carbonyl (C=O) groups excluding carboxylic acids is 1. The van der Waals surface area contributed by atoms with Gasteiger partial charge < -0.3 is 9.80 Å². The molecule has 1 atom stereocenters. The molecule has 0 N–H and O–H groups in total. The zero-order valence-corrected chi connectivity index (χ0v) is 17.6. The Morgan fingerprint density at radius 2 is 1.97 bits per heavy atom. The van der Waals surface area contributed by atoms with Gasteiger partial charge in [-0.1, -0.05) is 18.2 Å². The lowest BCUT2D eigenvalue weighted by atomic mass is 10.0. The molecule has 1 aromatic carbocycles. The maximum Gasteiger partial charge on any atom is 0.274 e. The second-order valence-electron chi connectivity index (χ2n) is 8.08. The van der Waals surface area contributed by atoms with E-state index in [2.05, 4.69) is 46.0 Å². The van der Waals surface area contributed by atoms with Gasteiger partial charge in [0.15, 0.2) is 4.96 Å². The number of thiazole rings is 1. The third-order valence-electron chi connectivity index (χ3n) is 6.28. The molecule has 1 unspecified atom stereocenters. The van der Waals surface area contributed by atoms with Crippen LogP contribution in [-0.4, -0.2) is 70.4 Å². The number of fused-ring (bicyclic) bond motifs is 1. The highest BCUT2D eigenvalue weighted by Crippen LogP contribution is 2.24. The van der Waals surface area contributed by atoms with Crippen molar-refractivity contribution in [2.24, 2.45) is 0 Å². The summed E-state index contributed by atoms with van der Waals surface area (Å²) in [6, 6.07) is 9.09. The van der Waals surface area contributed by atoms with Gasteiger partial charge in [0.05, 0.1) is 0 Å². The average Bonchev–Trinajstić information content (AvgIpc) is 3.36. The van der Waals surface area contributed by atoms with Crippen molar-refractivity contribution in [2.45, 2.75) is 25.8 Å². The van der Waals surface area contributed by atoms with Crippen LogP contribution in [0.1, 0.15) is 28.9 Å². The van der Waals surface area contributed by atoms with Crippen LogP contribution in [0.15, 0.2) is 42.0 Å². The number of nitrogens with zero attached hydrogens (tertiary/aromatic N) is 5. The van der Waals surface area contributed by atoms with Crippen molar-refractivity contribution < 1.29 is 4.79 Å². The normalized spacial score (nSPS) is 21.1. The molecule has 3 aromatic rings. The van der Waals surface area contributed by atoms with E-state index in [9.17, 15) is 4.79 Å². The van der Waals surface area contributed by atoms with E-state index >= 15 is 0 Å². The van der Waals surface area contributed by atoms with Gasteiger partial charge in [-0.15, -0.1) is 11.3 Å². The predicted molar refractivity (Wildman–Crippen MR) is 117 cm³/mol. The summed E-state index contributed by atoms with van der Waals surface area (Å²) in [5, 5.41) is 1.99. The molecule has 4 heterocycles. The molecule has 6 nitrogen and oxygen atoms in total. The van der Waals surface area contributed by atoms with Crippen LogP contribution in [0.2, 0.25) is 0 Å². The van der Waals surface area contributed by atoms with Crippen LogP contribution in [0.5, 0.6) is 0 Å². The molecule has 2 aliphatic rings. The lowest BCUT2D eigenvalue weighted by molar-refractivity contribution is 0.0559. The van der Waals surface area contributed by atoms with Gasteiger partial charge in [-0.05, 0) is 31.4 Å². The molecule has 1 amide bonds. The summed E-state index contributed by atoms with van der Waals surface area (Å²) in [5.74, 6) is 0.0733. The number of amides is 1. The number of piperazine rings is 1. The number of anilines is 1. The Labute approximate surface area is 175 Å². The van der Waals surface area contributed by atoms with Crippen molar-refractivity contribution in [3.05, 3.63) is 53.3 Å².